The molecule has 7 heteroatoms. The van der Waals surface area contributed by atoms with E-state index in [0.29, 0.717) is 18.7 Å². The lowest BCUT2D eigenvalue weighted by atomic mass is 10.2. The summed E-state index contributed by atoms with van der Waals surface area (Å²) >= 11 is 0. The minimum Gasteiger partial charge on any atom is -0.477 e. The van der Waals surface area contributed by atoms with Crippen molar-refractivity contribution in [2.24, 2.45) is 0 Å². The van der Waals surface area contributed by atoms with Gasteiger partial charge in [-0.15, -0.1) is 0 Å². The summed E-state index contributed by atoms with van der Waals surface area (Å²) in [5, 5.41) is 2.93. The van der Waals surface area contributed by atoms with Gasteiger partial charge in [0.05, 0.1) is 19.2 Å². The van der Waals surface area contributed by atoms with E-state index in [0.717, 1.165) is 6.20 Å². The molecule has 1 aromatic heterocycles. The molecular formula is C11H14F4N2O. The van der Waals surface area contributed by atoms with E-state index in [4.69, 9.17) is 4.74 Å². The third-order valence-electron chi connectivity index (χ3n) is 2.08. The molecule has 0 saturated heterocycles. The van der Waals surface area contributed by atoms with Gasteiger partial charge < -0.3 is 10.1 Å². The van der Waals surface area contributed by atoms with Crippen LogP contribution in [-0.2, 0) is 6.54 Å². The van der Waals surface area contributed by atoms with Gasteiger partial charge >= 0.3 is 6.18 Å². The van der Waals surface area contributed by atoms with Gasteiger partial charge in [-0.3, -0.25) is 0 Å². The summed E-state index contributed by atoms with van der Waals surface area (Å²) in [4.78, 5) is 3.65. The van der Waals surface area contributed by atoms with Gasteiger partial charge in [-0.25, -0.2) is 9.37 Å². The van der Waals surface area contributed by atoms with Crippen LogP contribution in [0.5, 0.6) is 5.88 Å². The Morgan fingerprint density at radius 3 is 2.72 bits per heavy atom. The van der Waals surface area contributed by atoms with Crippen molar-refractivity contribution in [1.82, 2.24) is 10.3 Å². The first kappa shape index (κ1) is 14.7. The zero-order valence-corrected chi connectivity index (χ0v) is 9.85. The quantitative estimate of drug-likeness (QED) is 0.804. The predicted molar refractivity (Wildman–Crippen MR) is 57.7 cm³/mol. The van der Waals surface area contributed by atoms with E-state index in [1.807, 2.05) is 6.92 Å². The molecule has 0 aliphatic rings. The summed E-state index contributed by atoms with van der Waals surface area (Å²) in [7, 11) is 0. The van der Waals surface area contributed by atoms with Crippen molar-refractivity contribution in [3.05, 3.63) is 23.6 Å². The Morgan fingerprint density at radius 2 is 2.11 bits per heavy atom. The Morgan fingerprint density at radius 1 is 1.39 bits per heavy atom. The van der Waals surface area contributed by atoms with Crippen molar-refractivity contribution in [2.45, 2.75) is 26.1 Å². The van der Waals surface area contributed by atoms with E-state index in [1.165, 1.54) is 6.07 Å². The summed E-state index contributed by atoms with van der Waals surface area (Å²) in [6.45, 7) is 2.28. The van der Waals surface area contributed by atoms with Crippen molar-refractivity contribution in [3.8, 4) is 5.88 Å². The van der Waals surface area contributed by atoms with Crippen molar-refractivity contribution in [2.75, 3.05) is 13.2 Å². The summed E-state index contributed by atoms with van der Waals surface area (Å²) in [5.41, 5.74) is 0.402. The predicted octanol–water partition coefficient (Wildman–Crippen LogP) is 2.66. The molecule has 0 saturated carbocycles. The lowest BCUT2D eigenvalue weighted by molar-refractivity contribution is -0.139. The highest BCUT2D eigenvalue weighted by Gasteiger charge is 2.27. The van der Waals surface area contributed by atoms with Gasteiger partial charge in [0.1, 0.15) is 5.82 Å². The molecule has 0 unspecified atom stereocenters. The van der Waals surface area contributed by atoms with Gasteiger partial charge in [-0.2, -0.15) is 13.2 Å². The first-order chi connectivity index (χ1) is 8.42. The topological polar surface area (TPSA) is 34.2 Å². The Balaban J connectivity index is 2.63. The standard InChI is InChI=1S/C11H14F4N2O/c1-2-16-6-8-5-9(12)7-17-10(8)18-4-3-11(13,14)15/h5,7,16H,2-4,6H2,1H3. The maximum atomic E-state index is 13.0. The number of hydrogen-bond donors (Lipinski definition) is 1. The summed E-state index contributed by atoms with van der Waals surface area (Å²) in [6.07, 6.45) is -4.42. The molecule has 1 rings (SSSR count). The minimum atomic E-state index is -4.28. The first-order valence-corrected chi connectivity index (χ1v) is 5.47. The molecule has 0 aliphatic carbocycles. The van der Waals surface area contributed by atoms with E-state index < -0.39 is 25.0 Å². The van der Waals surface area contributed by atoms with Gasteiger partial charge in [0.2, 0.25) is 5.88 Å². The summed E-state index contributed by atoms with van der Waals surface area (Å²) in [5.74, 6) is -0.521. The van der Waals surface area contributed by atoms with E-state index in [9.17, 15) is 17.6 Å². The zero-order chi connectivity index (χ0) is 13.6. The van der Waals surface area contributed by atoms with Crippen LogP contribution in [0.25, 0.3) is 0 Å². The van der Waals surface area contributed by atoms with Crippen LogP contribution in [-0.4, -0.2) is 24.3 Å². The van der Waals surface area contributed by atoms with Crippen molar-refractivity contribution in [1.29, 1.82) is 0 Å². The molecule has 0 aromatic carbocycles. The first-order valence-electron chi connectivity index (χ1n) is 5.47. The molecule has 1 heterocycles. The fourth-order valence-corrected chi connectivity index (χ4v) is 1.25. The SMILES string of the molecule is CCNCc1cc(F)cnc1OCCC(F)(F)F. The van der Waals surface area contributed by atoms with Crippen LogP contribution in [0, 0.1) is 5.82 Å². The minimum absolute atomic E-state index is 0.0293. The maximum Gasteiger partial charge on any atom is 0.392 e. The second-order valence-corrected chi connectivity index (χ2v) is 3.61. The molecule has 0 atom stereocenters. The van der Waals surface area contributed by atoms with E-state index in [2.05, 4.69) is 10.3 Å². The van der Waals surface area contributed by atoms with Crippen LogP contribution in [0.2, 0.25) is 0 Å². The average Bonchev–Trinajstić information content (AvgIpc) is 2.27. The number of nitrogens with zero attached hydrogens (tertiary/aromatic N) is 1. The van der Waals surface area contributed by atoms with Gasteiger partial charge in [0, 0.05) is 12.1 Å². The monoisotopic (exact) mass is 266 g/mol. The third kappa shape index (κ3) is 5.31. The molecule has 102 valence electrons. The van der Waals surface area contributed by atoms with Crippen molar-refractivity contribution >= 4 is 0 Å². The largest absolute Gasteiger partial charge is 0.477 e. The van der Waals surface area contributed by atoms with Gasteiger partial charge in [0.15, 0.2) is 0 Å². The lowest BCUT2D eigenvalue weighted by Crippen LogP contribution is -2.16. The number of pyridine rings is 1. The molecule has 0 spiro atoms. The number of ether oxygens (including phenoxy) is 1. The number of aromatic nitrogens is 1. The fourth-order valence-electron chi connectivity index (χ4n) is 1.25. The Labute approximate surface area is 102 Å². The number of alkyl halides is 3. The second kappa shape index (κ2) is 6.53. The Hall–Kier alpha value is -1.37. The van der Waals surface area contributed by atoms with E-state index in [1.54, 1.807) is 0 Å². The van der Waals surface area contributed by atoms with Crippen LogP contribution < -0.4 is 10.1 Å². The van der Waals surface area contributed by atoms with Crippen LogP contribution >= 0.6 is 0 Å². The van der Waals surface area contributed by atoms with Gasteiger partial charge in [0.25, 0.3) is 0 Å². The highest BCUT2D eigenvalue weighted by atomic mass is 19.4. The maximum absolute atomic E-state index is 13.0. The molecule has 1 aromatic rings. The zero-order valence-electron chi connectivity index (χ0n) is 9.85. The number of rotatable bonds is 6. The molecule has 0 radical (unpaired) electrons. The normalized spacial score (nSPS) is 11.6. The number of hydrogen-bond acceptors (Lipinski definition) is 3. The molecule has 1 N–H and O–H groups in total. The summed E-state index contributed by atoms with van der Waals surface area (Å²) < 4.78 is 53.7. The van der Waals surface area contributed by atoms with E-state index in [-0.39, 0.29) is 5.88 Å². The number of nitrogens with one attached hydrogen (secondary N) is 1. The third-order valence-corrected chi connectivity index (χ3v) is 2.08. The molecule has 0 aliphatic heterocycles. The smallest absolute Gasteiger partial charge is 0.392 e. The van der Waals surface area contributed by atoms with Crippen LogP contribution in [0.15, 0.2) is 12.3 Å². The summed E-state index contributed by atoms with van der Waals surface area (Å²) in [6, 6.07) is 1.19. The molecule has 18 heavy (non-hydrogen) atoms. The fraction of sp³-hybridized carbons (Fsp3) is 0.545. The van der Waals surface area contributed by atoms with Gasteiger partial charge in [-0.05, 0) is 12.6 Å². The Kier molecular flexibility index (Phi) is 5.33. The molecule has 3 nitrogen and oxygen atoms in total. The van der Waals surface area contributed by atoms with Crippen LogP contribution in [0.1, 0.15) is 18.9 Å². The highest BCUT2D eigenvalue weighted by Crippen LogP contribution is 2.21. The van der Waals surface area contributed by atoms with Crippen LogP contribution in [0.3, 0.4) is 0 Å². The average molecular weight is 266 g/mol. The highest BCUT2D eigenvalue weighted by molar-refractivity contribution is 5.26. The van der Waals surface area contributed by atoms with Crippen LogP contribution in [0.4, 0.5) is 17.6 Å². The molecule has 0 amide bonds. The van der Waals surface area contributed by atoms with Gasteiger partial charge in [-0.1, -0.05) is 6.92 Å². The lowest BCUT2D eigenvalue weighted by Gasteiger charge is -2.11. The number of halogens is 4. The second-order valence-electron chi connectivity index (χ2n) is 3.61. The Bertz CT molecular complexity index is 382. The molecular weight excluding hydrogens is 252 g/mol. The molecule has 0 fully saturated rings. The van der Waals surface area contributed by atoms with E-state index >= 15 is 0 Å². The van der Waals surface area contributed by atoms with Crippen molar-refractivity contribution < 1.29 is 22.3 Å². The van der Waals surface area contributed by atoms with Crippen molar-refractivity contribution in [3.63, 3.8) is 0 Å². The molecule has 0 bridgehead atoms.